The van der Waals surface area contributed by atoms with Crippen LogP contribution in [0, 0.1) is 0 Å². The number of aromatic nitrogens is 2. The van der Waals surface area contributed by atoms with Crippen molar-refractivity contribution in [3.63, 3.8) is 0 Å². The lowest BCUT2D eigenvalue weighted by atomic mass is 10.2. The lowest BCUT2D eigenvalue weighted by molar-refractivity contribution is -0.116. The highest BCUT2D eigenvalue weighted by atomic mass is 32.2. The van der Waals surface area contributed by atoms with Crippen molar-refractivity contribution in [3.8, 4) is 0 Å². The minimum Gasteiger partial charge on any atom is -0.308 e. The molecule has 2 heterocycles. The van der Waals surface area contributed by atoms with E-state index in [9.17, 15) is 13.2 Å². The molecule has 0 spiro atoms. The molecular weight excluding hydrogens is 398 g/mol. The SMILES string of the molecule is CSc1nnc(SCC(=O)N(c2ccccc2)[C@H]2CCS(=O)(=O)C2)s1. The standard InChI is InChI=1S/C15H17N3O3S4/c1-22-14-16-17-15(24-14)23-9-13(19)18(11-5-3-2-4-6-11)12-7-8-25(20,21)10-12/h2-6,12H,7-10H2,1H3/t12-/m0/s1. The number of rotatable bonds is 6. The summed E-state index contributed by atoms with van der Waals surface area (Å²) in [5.74, 6) is 0.246. The van der Waals surface area contributed by atoms with Gasteiger partial charge in [-0.05, 0) is 24.8 Å². The molecule has 3 rings (SSSR count). The molecule has 0 aliphatic carbocycles. The highest BCUT2D eigenvalue weighted by molar-refractivity contribution is 8.03. The average Bonchev–Trinajstić information content (AvgIpc) is 3.20. The summed E-state index contributed by atoms with van der Waals surface area (Å²) in [5, 5.41) is 8.07. The molecule has 1 saturated heterocycles. The van der Waals surface area contributed by atoms with E-state index < -0.39 is 9.84 Å². The van der Waals surface area contributed by atoms with E-state index in [4.69, 9.17) is 0 Å². The van der Waals surface area contributed by atoms with E-state index in [0.717, 1.165) is 14.4 Å². The molecular formula is C15H17N3O3S4. The van der Waals surface area contributed by atoms with Gasteiger partial charge < -0.3 is 4.90 Å². The van der Waals surface area contributed by atoms with Gasteiger partial charge in [0.2, 0.25) is 5.91 Å². The van der Waals surface area contributed by atoms with Crippen LogP contribution in [0.5, 0.6) is 0 Å². The molecule has 0 radical (unpaired) electrons. The molecule has 0 N–H and O–H groups in total. The van der Waals surface area contributed by atoms with Crippen molar-refractivity contribution in [2.45, 2.75) is 21.1 Å². The van der Waals surface area contributed by atoms with Crippen molar-refractivity contribution >= 4 is 56.3 Å². The van der Waals surface area contributed by atoms with Gasteiger partial charge in [-0.25, -0.2) is 8.42 Å². The zero-order chi connectivity index (χ0) is 17.9. The van der Waals surface area contributed by atoms with Gasteiger partial charge in [-0.1, -0.05) is 53.1 Å². The first-order valence-electron chi connectivity index (χ1n) is 7.56. The second kappa shape index (κ2) is 8.07. The number of carbonyl (C=O) groups excluding carboxylic acids is 1. The van der Waals surface area contributed by atoms with Crippen molar-refractivity contribution in [2.75, 3.05) is 28.4 Å². The number of para-hydroxylation sites is 1. The number of carbonyl (C=O) groups is 1. The molecule has 25 heavy (non-hydrogen) atoms. The maximum Gasteiger partial charge on any atom is 0.237 e. The van der Waals surface area contributed by atoms with Crippen LogP contribution in [-0.4, -0.2) is 54.1 Å². The zero-order valence-electron chi connectivity index (χ0n) is 13.5. The third-order valence-electron chi connectivity index (χ3n) is 3.76. The fourth-order valence-electron chi connectivity index (χ4n) is 2.66. The minimum atomic E-state index is -3.07. The summed E-state index contributed by atoms with van der Waals surface area (Å²) in [6.45, 7) is 0. The second-order valence-electron chi connectivity index (χ2n) is 5.48. The van der Waals surface area contributed by atoms with Crippen LogP contribution in [0.3, 0.4) is 0 Å². The summed E-state index contributed by atoms with van der Waals surface area (Å²) < 4.78 is 25.3. The Labute approximate surface area is 159 Å². The van der Waals surface area contributed by atoms with E-state index in [2.05, 4.69) is 10.2 Å². The van der Waals surface area contributed by atoms with E-state index in [1.54, 1.807) is 4.90 Å². The minimum absolute atomic E-state index is 0.0216. The van der Waals surface area contributed by atoms with Gasteiger partial charge in [0.15, 0.2) is 18.5 Å². The Bertz CT molecular complexity index is 839. The lowest BCUT2D eigenvalue weighted by Crippen LogP contribution is -2.42. The van der Waals surface area contributed by atoms with Gasteiger partial charge in [-0.2, -0.15) is 0 Å². The Hall–Kier alpha value is -1.10. The van der Waals surface area contributed by atoms with Gasteiger partial charge in [-0.15, -0.1) is 10.2 Å². The summed E-state index contributed by atoms with van der Waals surface area (Å²) in [7, 11) is -3.07. The molecule has 0 unspecified atom stereocenters. The molecule has 1 amide bonds. The van der Waals surface area contributed by atoms with Gasteiger partial charge in [-0.3, -0.25) is 4.79 Å². The first kappa shape index (κ1) is 18.7. The van der Waals surface area contributed by atoms with E-state index in [1.807, 2.05) is 36.6 Å². The Morgan fingerprint density at radius 1 is 1.28 bits per heavy atom. The number of sulfone groups is 1. The monoisotopic (exact) mass is 415 g/mol. The van der Waals surface area contributed by atoms with Crippen molar-refractivity contribution < 1.29 is 13.2 Å². The predicted octanol–water partition coefficient (Wildman–Crippen LogP) is 2.57. The number of hydrogen-bond acceptors (Lipinski definition) is 8. The maximum atomic E-state index is 12.9. The fourth-order valence-corrected chi connectivity index (χ4v) is 6.65. The number of nitrogens with zero attached hydrogens (tertiary/aromatic N) is 3. The molecule has 1 fully saturated rings. The third kappa shape index (κ3) is 4.75. The van der Waals surface area contributed by atoms with Gasteiger partial charge >= 0.3 is 0 Å². The van der Waals surface area contributed by atoms with Gasteiger partial charge in [0.25, 0.3) is 0 Å². The molecule has 0 saturated carbocycles. The van der Waals surface area contributed by atoms with E-state index in [-0.39, 0.29) is 29.2 Å². The largest absolute Gasteiger partial charge is 0.308 e. The summed E-state index contributed by atoms with van der Waals surface area (Å²) in [6, 6.07) is 8.94. The Morgan fingerprint density at radius 3 is 2.60 bits per heavy atom. The Morgan fingerprint density at radius 2 is 2.00 bits per heavy atom. The van der Waals surface area contributed by atoms with Crippen molar-refractivity contribution in [1.29, 1.82) is 0 Å². The zero-order valence-corrected chi connectivity index (χ0v) is 16.8. The molecule has 1 aliphatic heterocycles. The first-order valence-corrected chi connectivity index (χ1v) is 12.4. The van der Waals surface area contributed by atoms with Crippen molar-refractivity contribution in [2.24, 2.45) is 0 Å². The van der Waals surface area contributed by atoms with E-state index in [1.165, 1.54) is 34.9 Å². The van der Waals surface area contributed by atoms with Crippen LogP contribution in [0.1, 0.15) is 6.42 Å². The number of anilines is 1. The van der Waals surface area contributed by atoms with Gasteiger partial charge in [0.1, 0.15) is 0 Å². The van der Waals surface area contributed by atoms with Crippen LogP contribution < -0.4 is 4.90 Å². The predicted molar refractivity (Wildman–Crippen MR) is 103 cm³/mol. The molecule has 1 aromatic heterocycles. The summed E-state index contributed by atoms with van der Waals surface area (Å²) in [5.41, 5.74) is 0.734. The van der Waals surface area contributed by atoms with Crippen LogP contribution in [0.15, 0.2) is 39.0 Å². The fraction of sp³-hybridized carbons (Fsp3) is 0.400. The van der Waals surface area contributed by atoms with Crippen LogP contribution in [0.2, 0.25) is 0 Å². The molecule has 0 bridgehead atoms. The third-order valence-corrected chi connectivity index (χ3v) is 8.53. The summed E-state index contributed by atoms with van der Waals surface area (Å²) in [4.78, 5) is 14.5. The molecule has 134 valence electrons. The Balaban J connectivity index is 1.75. The van der Waals surface area contributed by atoms with Crippen molar-refractivity contribution in [1.82, 2.24) is 10.2 Å². The van der Waals surface area contributed by atoms with E-state index >= 15 is 0 Å². The highest BCUT2D eigenvalue weighted by Gasteiger charge is 2.35. The molecule has 1 aliphatic rings. The molecule has 6 nitrogen and oxygen atoms in total. The highest BCUT2D eigenvalue weighted by Crippen LogP contribution is 2.29. The number of benzene rings is 1. The van der Waals surface area contributed by atoms with Crippen LogP contribution in [0.25, 0.3) is 0 Å². The lowest BCUT2D eigenvalue weighted by Gasteiger charge is -2.28. The molecule has 1 atom stereocenters. The van der Waals surface area contributed by atoms with Gasteiger partial charge in [0, 0.05) is 5.69 Å². The quantitative estimate of drug-likeness (QED) is 0.671. The second-order valence-corrected chi connectivity index (χ2v) is 11.0. The molecule has 10 heteroatoms. The molecule has 2 aromatic rings. The van der Waals surface area contributed by atoms with Crippen LogP contribution in [0.4, 0.5) is 5.69 Å². The first-order chi connectivity index (χ1) is 12.0. The summed E-state index contributed by atoms with van der Waals surface area (Å²) in [6.07, 6.45) is 2.40. The normalized spacial score (nSPS) is 19.0. The molecule has 1 aromatic carbocycles. The van der Waals surface area contributed by atoms with Gasteiger partial charge in [0.05, 0.1) is 23.3 Å². The number of amides is 1. The maximum absolute atomic E-state index is 12.9. The average molecular weight is 416 g/mol. The summed E-state index contributed by atoms with van der Waals surface area (Å²) >= 11 is 4.31. The smallest absolute Gasteiger partial charge is 0.237 e. The van der Waals surface area contributed by atoms with Crippen LogP contribution in [-0.2, 0) is 14.6 Å². The van der Waals surface area contributed by atoms with E-state index in [0.29, 0.717) is 6.42 Å². The topological polar surface area (TPSA) is 80.2 Å². The number of hydrogen-bond donors (Lipinski definition) is 0. The van der Waals surface area contributed by atoms with Crippen molar-refractivity contribution in [3.05, 3.63) is 30.3 Å². The number of thioether (sulfide) groups is 2. The Kier molecular flexibility index (Phi) is 6.03. The van der Waals surface area contributed by atoms with Crippen LogP contribution >= 0.6 is 34.9 Å².